The molecule has 2 N–H and O–H groups in total. The van der Waals surface area contributed by atoms with Gasteiger partial charge >= 0.3 is 0 Å². The summed E-state index contributed by atoms with van der Waals surface area (Å²) in [5.74, 6) is 0.959. The van der Waals surface area contributed by atoms with Crippen LogP contribution in [-0.2, 0) is 6.42 Å². The van der Waals surface area contributed by atoms with Gasteiger partial charge in [-0.15, -0.1) is 35.3 Å². The smallest absolute Gasteiger partial charge is 0.191 e. The van der Waals surface area contributed by atoms with Gasteiger partial charge in [0.2, 0.25) is 0 Å². The zero-order valence-electron chi connectivity index (χ0n) is 15.8. The first-order valence-electron chi connectivity index (χ1n) is 9.58. The molecule has 0 saturated carbocycles. The van der Waals surface area contributed by atoms with E-state index in [0.29, 0.717) is 0 Å². The predicted molar refractivity (Wildman–Crippen MR) is 122 cm³/mol. The average molecular weight is 478 g/mol. The third-order valence-electron chi connectivity index (χ3n) is 4.65. The summed E-state index contributed by atoms with van der Waals surface area (Å²) in [4.78, 5) is 8.79. The predicted octanol–water partition coefficient (Wildman–Crippen LogP) is 4.12. The molecule has 2 rings (SSSR count). The van der Waals surface area contributed by atoms with Gasteiger partial charge in [0.15, 0.2) is 5.96 Å². The van der Waals surface area contributed by atoms with Gasteiger partial charge in [-0.3, -0.25) is 4.99 Å². The SMILES string of the molecule is CCNC(=NCCCCN1CCCCC1C)NCCc1cccs1.I. The van der Waals surface area contributed by atoms with Crippen molar-refractivity contribution in [3.05, 3.63) is 22.4 Å². The summed E-state index contributed by atoms with van der Waals surface area (Å²) in [6.45, 7) is 9.78. The van der Waals surface area contributed by atoms with Crippen LogP contribution >= 0.6 is 35.3 Å². The average Bonchev–Trinajstić information content (AvgIpc) is 3.09. The molecule has 1 unspecified atom stereocenters. The minimum absolute atomic E-state index is 0. The van der Waals surface area contributed by atoms with Crippen molar-refractivity contribution in [1.29, 1.82) is 0 Å². The van der Waals surface area contributed by atoms with Crippen molar-refractivity contribution in [3.63, 3.8) is 0 Å². The molecule has 6 heteroatoms. The lowest BCUT2D eigenvalue weighted by atomic mass is 10.0. The molecule has 0 radical (unpaired) electrons. The quantitative estimate of drug-likeness (QED) is 0.243. The molecule has 25 heavy (non-hydrogen) atoms. The zero-order valence-corrected chi connectivity index (χ0v) is 18.9. The van der Waals surface area contributed by atoms with Gasteiger partial charge in [-0.05, 0) is 70.5 Å². The Morgan fingerprint density at radius 3 is 2.92 bits per heavy atom. The lowest BCUT2D eigenvalue weighted by Gasteiger charge is -2.33. The van der Waals surface area contributed by atoms with E-state index in [1.54, 1.807) is 0 Å². The Labute approximate surface area is 174 Å². The number of piperidine rings is 1. The highest BCUT2D eigenvalue weighted by Gasteiger charge is 2.16. The summed E-state index contributed by atoms with van der Waals surface area (Å²) in [5, 5.41) is 8.92. The van der Waals surface area contributed by atoms with Gasteiger partial charge in [-0.2, -0.15) is 0 Å². The Kier molecular flexibility index (Phi) is 12.5. The molecule has 0 aromatic carbocycles. The maximum Gasteiger partial charge on any atom is 0.191 e. The van der Waals surface area contributed by atoms with Crippen LogP contribution in [0.1, 0.15) is 50.8 Å². The van der Waals surface area contributed by atoms with Gasteiger partial charge in [0.05, 0.1) is 0 Å². The number of halogens is 1. The van der Waals surface area contributed by atoms with Crippen LogP contribution in [0.4, 0.5) is 0 Å². The van der Waals surface area contributed by atoms with Crippen molar-refractivity contribution in [3.8, 4) is 0 Å². The number of likely N-dealkylation sites (tertiary alicyclic amines) is 1. The second kappa shape index (κ2) is 13.8. The lowest BCUT2D eigenvalue weighted by molar-refractivity contribution is 0.158. The second-order valence-electron chi connectivity index (χ2n) is 6.60. The first-order valence-corrected chi connectivity index (χ1v) is 10.5. The number of hydrogen-bond acceptors (Lipinski definition) is 3. The lowest BCUT2D eigenvalue weighted by Crippen LogP contribution is -2.38. The number of nitrogens with one attached hydrogen (secondary N) is 2. The summed E-state index contributed by atoms with van der Waals surface area (Å²) in [6, 6.07) is 5.08. The van der Waals surface area contributed by atoms with E-state index in [1.165, 1.54) is 50.1 Å². The Hall–Kier alpha value is -0.340. The van der Waals surface area contributed by atoms with E-state index in [9.17, 15) is 0 Å². The maximum absolute atomic E-state index is 4.71. The van der Waals surface area contributed by atoms with E-state index in [2.05, 4.69) is 46.9 Å². The molecular weight excluding hydrogens is 443 g/mol. The van der Waals surface area contributed by atoms with Gasteiger partial charge in [-0.25, -0.2) is 0 Å². The molecule has 1 fully saturated rings. The fourth-order valence-corrected chi connectivity index (χ4v) is 3.92. The molecule has 1 aliphatic rings. The van der Waals surface area contributed by atoms with Crippen LogP contribution in [0, 0.1) is 0 Å². The third kappa shape index (κ3) is 9.24. The molecule has 1 aliphatic heterocycles. The van der Waals surface area contributed by atoms with Gasteiger partial charge < -0.3 is 15.5 Å². The highest BCUT2D eigenvalue weighted by atomic mass is 127. The molecule has 0 aliphatic carbocycles. The van der Waals surface area contributed by atoms with Crippen LogP contribution in [-0.4, -0.2) is 49.6 Å². The number of rotatable bonds is 9. The molecular formula is C19H35IN4S. The van der Waals surface area contributed by atoms with Crippen molar-refractivity contribution in [2.75, 3.05) is 32.7 Å². The standard InChI is InChI=1S/C19H34N4S.HI/c1-3-20-19(22-13-11-18-10-8-16-24-18)21-12-5-7-15-23-14-6-4-9-17(23)2;/h8,10,16-17H,3-7,9,11-15H2,1-2H3,(H2,20,21,22);1H. The van der Waals surface area contributed by atoms with E-state index >= 15 is 0 Å². The Morgan fingerprint density at radius 2 is 2.20 bits per heavy atom. The molecule has 2 heterocycles. The van der Waals surface area contributed by atoms with Crippen LogP contribution in [0.3, 0.4) is 0 Å². The van der Waals surface area contributed by atoms with E-state index in [1.807, 2.05) is 11.3 Å². The summed E-state index contributed by atoms with van der Waals surface area (Å²) < 4.78 is 0. The molecule has 1 saturated heterocycles. The van der Waals surface area contributed by atoms with Crippen LogP contribution in [0.5, 0.6) is 0 Å². The van der Waals surface area contributed by atoms with Crippen molar-refractivity contribution >= 4 is 41.3 Å². The molecule has 4 nitrogen and oxygen atoms in total. The topological polar surface area (TPSA) is 39.7 Å². The van der Waals surface area contributed by atoms with Crippen molar-refractivity contribution in [1.82, 2.24) is 15.5 Å². The van der Waals surface area contributed by atoms with Crippen molar-refractivity contribution < 1.29 is 0 Å². The number of nitrogens with zero attached hydrogens (tertiary/aromatic N) is 2. The fourth-order valence-electron chi connectivity index (χ4n) is 3.21. The summed E-state index contributed by atoms with van der Waals surface area (Å²) in [6.07, 6.45) is 7.64. The van der Waals surface area contributed by atoms with E-state index in [4.69, 9.17) is 4.99 Å². The zero-order chi connectivity index (χ0) is 17.0. The van der Waals surface area contributed by atoms with Crippen LogP contribution < -0.4 is 10.6 Å². The molecule has 1 atom stereocenters. The Morgan fingerprint density at radius 1 is 1.32 bits per heavy atom. The van der Waals surface area contributed by atoms with Crippen molar-refractivity contribution in [2.24, 2.45) is 4.99 Å². The number of guanidine groups is 1. The van der Waals surface area contributed by atoms with Gasteiger partial charge in [-0.1, -0.05) is 12.5 Å². The maximum atomic E-state index is 4.71. The van der Waals surface area contributed by atoms with E-state index in [-0.39, 0.29) is 24.0 Å². The summed E-state index contributed by atoms with van der Waals surface area (Å²) in [5.41, 5.74) is 0. The fraction of sp³-hybridized carbons (Fsp3) is 0.737. The molecule has 1 aromatic heterocycles. The highest BCUT2D eigenvalue weighted by molar-refractivity contribution is 14.0. The van der Waals surface area contributed by atoms with Crippen LogP contribution in [0.2, 0.25) is 0 Å². The minimum Gasteiger partial charge on any atom is -0.357 e. The van der Waals surface area contributed by atoms with E-state index < -0.39 is 0 Å². The number of aliphatic imine (C=N–C) groups is 1. The molecule has 144 valence electrons. The molecule has 0 spiro atoms. The largest absolute Gasteiger partial charge is 0.357 e. The third-order valence-corrected chi connectivity index (χ3v) is 5.59. The number of thiophene rings is 1. The van der Waals surface area contributed by atoms with E-state index in [0.717, 1.165) is 38.1 Å². The monoisotopic (exact) mass is 478 g/mol. The molecule has 0 amide bonds. The first kappa shape index (κ1) is 22.7. The highest BCUT2D eigenvalue weighted by Crippen LogP contribution is 2.16. The second-order valence-corrected chi connectivity index (χ2v) is 7.64. The van der Waals surface area contributed by atoms with Gasteiger partial charge in [0, 0.05) is 30.6 Å². The first-order chi connectivity index (χ1) is 11.8. The van der Waals surface area contributed by atoms with Gasteiger partial charge in [0.1, 0.15) is 0 Å². The van der Waals surface area contributed by atoms with Gasteiger partial charge in [0.25, 0.3) is 0 Å². The van der Waals surface area contributed by atoms with Crippen LogP contribution in [0.25, 0.3) is 0 Å². The van der Waals surface area contributed by atoms with Crippen molar-refractivity contribution in [2.45, 2.75) is 58.4 Å². The number of hydrogen-bond donors (Lipinski definition) is 2. The normalized spacial score (nSPS) is 18.6. The number of unbranched alkanes of at least 4 members (excludes halogenated alkanes) is 1. The summed E-state index contributed by atoms with van der Waals surface area (Å²) in [7, 11) is 0. The van der Waals surface area contributed by atoms with Crippen LogP contribution in [0.15, 0.2) is 22.5 Å². The Bertz CT molecular complexity index is 464. The minimum atomic E-state index is 0. The molecule has 1 aromatic rings. The Balaban J connectivity index is 0.00000312. The molecule has 0 bridgehead atoms. The summed E-state index contributed by atoms with van der Waals surface area (Å²) >= 11 is 1.82.